The molecule has 20 heavy (non-hydrogen) atoms. The molecular weight excluding hydrogens is 376 g/mol. The number of amides is 3. The van der Waals surface area contributed by atoms with Crippen LogP contribution in [-0.4, -0.2) is 28.3 Å². The van der Waals surface area contributed by atoms with Crippen LogP contribution in [0.25, 0.3) is 0 Å². The first-order chi connectivity index (χ1) is 9.38. The lowest BCUT2D eigenvalue weighted by molar-refractivity contribution is 0.0963. The largest absolute Gasteiger partial charge is 0.334 e. The van der Waals surface area contributed by atoms with E-state index in [0.717, 1.165) is 6.07 Å². The van der Waals surface area contributed by atoms with Gasteiger partial charge in [0.25, 0.3) is 5.91 Å². The van der Waals surface area contributed by atoms with E-state index < -0.39 is 22.9 Å². The molecule has 0 bridgehead atoms. The summed E-state index contributed by atoms with van der Waals surface area (Å²) in [7, 11) is 0. The molecule has 1 aromatic heterocycles. The van der Waals surface area contributed by atoms with E-state index in [1.807, 2.05) is 12.2 Å². The number of urea groups is 1. The van der Waals surface area contributed by atoms with Crippen LogP contribution >= 0.6 is 39.1 Å². The number of rotatable bonds is 4. The van der Waals surface area contributed by atoms with Gasteiger partial charge in [-0.3, -0.25) is 10.1 Å². The molecule has 0 fully saturated rings. The number of carbonyl (C=O) groups excluding carboxylic acids is 2. The van der Waals surface area contributed by atoms with Crippen LogP contribution in [0, 0.1) is 5.82 Å². The molecular formula is C11H11BrCl2FN3O2. The Labute approximate surface area is 133 Å². The number of nitrogens with zero attached hydrogens (tertiary/aromatic N) is 1. The van der Waals surface area contributed by atoms with E-state index >= 15 is 0 Å². The van der Waals surface area contributed by atoms with Gasteiger partial charge in [0.05, 0.1) is 5.56 Å². The average molecular weight is 387 g/mol. The van der Waals surface area contributed by atoms with E-state index in [2.05, 4.69) is 26.2 Å². The molecule has 3 amide bonds. The number of pyridine rings is 1. The second-order valence-corrected chi connectivity index (χ2v) is 5.15. The summed E-state index contributed by atoms with van der Waals surface area (Å²) in [6.07, 6.45) is 0.685. The third-order valence-corrected chi connectivity index (χ3v) is 3.71. The van der Waals surface area contributed by atoms with Gasteiger partial charge in [0, 0.05) is 11.4 Å². The molecule has 5 nitrogen and oxygen atoms in total. The van der Waals surface area contributed by atoms with Crippen molar-refractivity contribution < 1.29 is 14.0 Å². The summed E-state index contributed by atoms with van der Waals surface area (Å²) in [5.74, 6) is -1.76. The molecule has 9 heteroatoms. The predicted octanol–water partition coefficient (Wildman–Crippen LogP) is 3.14. The number of carbonyl (C=O) groups is 2. The zero-order valence-corrected chi connectivity index (χ0v) is 13.4. The Morgan fingerprint density at radius 3 is 2.65 bits per heavy atom. The molecule has 0 aliphatic rings. The van der Waals surface area contributed by atoms with Crippen molar-refractivity contribution in [2.75, 3.05) is 5.33 Å². The van der Waals surface area contributed by atoms with Gasteiger partial charge in [0.1, 0.15) is 5.15 Å². The molecule has 1 atom stereocenters. The highest BCUT2D eigenvalue weighted by Crippen LogP contribution is 2.20. The third kappa shape index (κ3) is 4.57. The first-order valence-corrected chi connectivity index (χ1v) is 7.46. The predicted molar refractivity (Wildman–Crippen MR) is 78.1 cm³/mol. The van der Waals surface area contributed by atoms with Crippen molar-refractivity contribution in [3.8, 4) is 0 Å². The minimum absolute atomic E-state index is 0.127. The summed E-state index contributed by atoms with van der Waals surface area (Å²) < 4.78 is 13.2. The van der Waals surface area contributed by atoms with E-state index in [9.17, 15) is 14.0 Å². The number of imide groups is 1. The summed E-state index contributed by atoms with van der Waals surface area (Å²) >= 11 is 14.3. The topological polar surface area (TPSA) is 71.1 Å². The van der Waals surface area contributed by atoms with Crippen molar-refractivity contribution in [3.05, 3.63) is 27.8 Å². The van der Waals surface area contributed by atoms with E-state index in [1.165, 1.54) is 0 Å². The lowest BCUT2D eigenvalue weighted by Crippen LogP contribution is -2.45. The lowest BCUT2D eigenvalue weighted by Gasteiger charge is -2.14. The number of nitrogens with one attached hydrogen (secondary N) is 2. The maximum absolute atomic E-state index is 13.2. The molecule has 0 aliphatic carbocycles. The molecule has 1 unspecified atom stereocenters. The fourth-order valence-corrected chi connectivity index (χ4v) is 2.27. The first-order valence-electron chi connectivity index (χ1n) is 5.58. The molecule has 1 aromatic rings. The molecule has 1 heterocycles. The maximum Gasteiger partial charge on any atom is 0.321 e. The Bertz CT molecular complexity index is 527. The van der Waals surface area contributed by atoms with Gasteiger partial charge in [-0.2, -0.15) is 0 Å². The van der Waals surface area contributed by atoms with Gasteiger partial charge in [-0.15, -0.1) is 0 Å². The second kappa shape index (κ2) is 7.75. The van der Waals surface area contributed by atoms with Gasteiger partial charge in [-0.25, -0.2) is 14.2 Å². The van der Waals surface area contributed by atoms with Crippen molar-refractivity contribution in [2.24, 2.45) is 0 Å². The van der Waals surface area contributed by atoms with Crippen LogP contribution in [0.2, 0.25) is 10.3 Å². The smallest absolute Gasteiger partial charge is 0.321 e. The summed E-state index contributed by atoms with van der Waals surface area (Å²) in [4.78, 5) is 26.8. The van der Waals surface area contributed by atoms with Crippen LogP contribution in [0.5, 0.6) is 0 Å². The molecule has 0 saturated carbocycles. The molecule has 110 valence electrons. The maximum atomic E-state index is 13.2. The number of halogens is 4. The van der Waals surface area contributed by atoms with E-state index in [1.54, 1.807) is 0 Å². The number of hydrogen-bond donors (Lipinski definition) is 2. The SMILES string of the molecule is CCC(CBr)NC(=O)NC(=O)c1cc(F)c(Cl)nc1Cl. The molecule has 0 aromatic carbocycles. The third-order valence-electron chi connectivity index (χ3n) is 2.37. The fraction of sp³-hybridized carbons (Fsp3) is 0.364. The minimum atomic E-state index is -0.895. The quantitative estimate of drug-likeness (QED) is 0.616. The molecule has 0 aliphatic heterocycles. The monoisotopic (exact) mass is 385 g/mol. The molecule has 2 N–H and O–H groups in total. The molecule has 0 spiro atoms. The summed E-state index contributed by atoms with van der Waals surface area (Å²) in [6.45, 7) is 1.88. The van der Waals surface area contributed by atoms with Crippen LogP contribution in [-0.2, 0) is 0 Å². The summed E-state index contributed by atoms with van der Waals surface area (Å²) in [5, 5.41) is 4.42. The highest BCUT2D eigenvalue weighted by Gasteiger charge is 2.18. The Kier molecular flexibility index (Phi) is 6.64. The van der Waals surface area contributed by atoms with Crippen LogP contribution in [0.4, 0.5) is 9.18 Å². The van der Waals surface area contributed by atoms with E-state index in [0.29, 0.717) is 11.8 Å². The Balaban J connectivity index is 2.77. The van der Waals surface area contributed by atoms with Crippen molar-refractivity contribution >= 4 is 51.1 Å². The summed E-state index contributed by atoms with van der Waals surface area (Å²) in [6, 6.07) is -0.00621. The van der Waals surface area contributed by atoms with Crippen molar-refractivity contribution in [1.82, 2.24) is 15.6 Å². The fourth-order valence-electron chi connectivity index (χ4n) is 1.25. The molecule has 0 saturated heterocycles. The minimum Gasteiger partial charge on any atom is -0.334 e. The highest BCUT2D eigenvalue weighted by molar-refractivity contribution is 9.09. The Hall–Kier alpha value is -0.920. The Morgan fingerprint density at radius 1 is 1.45 bits per heavy atom. The molecule has 0 radical (unpaired) electrons. The van der Waals surface area contributed by atoms with Gasteiger partial charge < -0.3 is 5.32 Å². The summed E-state index contributed by atoms with van der Waals surface area (Å²) in [5.41, 5.74) is -0.268. The average Bonchev–Trinajstić information content (AvgIpc) is 2.39. The normalized spacial score (nSPS) is 11.8. The number of aromatic nitrogens is 1. The van der Waals surface area contributed by atoms with Gasteiger partial charge in [0.2, 0.25) is 0 Å². The first kappa shape index (κ1) is 17.1. The van der Waals surface area contributed by atoms with Gasteiger partial charge in [0.15, 0.2) is 11.0 Å². The Morgan fingerprint density at radius 2 is 2.10 bits per heavy atom. The van der Waals surface area contributed by atoms with Gasteiger partial charge in [-0.1, -0.05) is 46.1 Å². The van der Waals surface area contributed by atoms with E-state index in [-0.39, 0.29) is 16.8 Å². The zero-order chi connectivity index (χ0) is 15.3. The van der Waals surface area contributed by atoms with Crippen LogP contribution in [0.3, 0.4) is 0 Å². The van der Waals surface area contributed by atoms with Crippen molar-refractivity contribution in [2.45, 2.75) is 19.4 Å². The van der Waals surface area contributed by atoms with E-state index in [4.69, 9.17) is 23.2 Å². The van der Waals surface area contributed by atoms with Crippen LogP contribution in [0.15, 0.2) is 6.07 Å². The van der Waals surface area contributed by atoms with Gasteiger partial charge >= 0.3 is 6.03 Å². The van der Waals surface area contributed by atoms with Crippen molar-refractivity contribution in [1.29, 1.82) is 0 Å². The number of hydrogen-bond acceptors (Lipinski definition) is 3. The van der Waals surface area contributed by atoms with Crippen molar-refractivity contribution in [3.63, 3.8) is 0 Å². The number of alkyl halides is 1. The van der Waals surface area contributed by atoms with Crippen LogP contribution < -0.4 is 10.6 Å². The van der Waals surface area contributed by atoms with Crippen LogP contribution in [0.1, 0.15) is 23.7 Å². The standard InChI is InChI=1S/C11H11BrCl2FN3O2/c1-2-5(4-12)16-11(20)18-10(19)6-3-7(15)9(14)17-8(6)13/h3,5H,2,4H2,1H3,(H2,16,18,19,20). The highest BCUT2D eigenvalue weighted by atomic mass is 79.9. The molecule has 1 rings (SSSR count). The zero-order valence-electron chi connectivity index (χ0n) is 10.3. The van der Waals surface area contributed by atoms with Gasteiger partial charge in [-0.05, 0) is 12.5 Å². The lowest BCUT2D eigenvalue weighted by atomic mass is 10.2. The second-order valence-electron chi connectivity index (χ2n) is 3.79.